The summed E-state index contributed by atoms with van der Waals surface area (Å²) in [6.07, 6.45) is -0.207. The van der Waals surface area contributed by atoms with E-state index in [-0.39, 0.29) is 30.2 Å². The quantitative estimate of drug-likeness (QED) is 0.464. The molecule has 0 unspecified atom stereocenters. The van der Waals surface area contributed by atoms with Gasteiger partial charge in [0.15, 0.2) is 0 Å². The van der Waals surface area contributed by atoms with E-state index in [0.29, 0.717) is 37.9 Å². The van der Waals surface area contributed by atoms with Crippen LogP contribution in [0.5, 0.6) is 0 Å². The van der Waals surface area contributed by atoms with E-state index < -0.39 is 11.9 Å². The molecule has 0 aromatic heterocycles. The standard InChI is InChI=1S/2C6H10O3.C3H6O.O.Zr/c2*1-3-9-6(8)4-5(2)7;1-3(2)4;;/h2*3-4H2,1-2H3;1-2H3;;. The molecule has 0 radical (unpaired) electrons. The van der Waals surface area contributed by atoms with Gasteiger partial charge in [-0.05, 0) is 41.5 Å². The van der Waals surface area contributed by atoms with Crippen LogP contribution in [0.1, 0.15) is 54.4 Å². The van der Waals surface area contributed by atoms with E-state index in [0.717, 1.165) is 0 Å². The van der Waals surface area contributed by atoms with E-state index in [9.17, 15) is 24.0 Å². The molecule has 0 aromatic carbocycles. The van der Waals surface area contributed by atoms with E-state index in [1.54, 1.807) is 13.8 Å². The fraction of sp³-hybridized carbons (Fsp3) is 0.667. The van der Waals surface area contributed by atoms with Crippen LogP contribution >= 0.6 is 0 Å². The molecular formula is C15H26O8Zr. The molecule has 0 amide bonds. The van der Waals surface area contributed by atoms with Gasteiger partial charge in [0.25, 0.3) is 0 Å². The molecule has 0 aliphatic heterocycles. The molecule has 0 saturated carbocycles. The predicted octanol–water partition coefficient (Wildman–Crippen LogP) is 1.53. The molecule has 0 rings (SSSR count). The molecule has 0 N–H and O–H groups in total. The van der Waals surface area contributed by atoms with Crippen LogP contribution < -0.4 is 0 Å². The second kappa shape index (κ2) is 23.9. The Balaban J connectivity index is -0.000000126. The van der Waals surface area contributed by atoms with Crippen LogP contribution in [0.15, 0.2) is 0 Å². The summed E-state index contributed by atoms with van der Waals surface area (Å²) < 4.78 is 17.3. The third-order valence-electron chi connectivity index (χ3n) is 1.40. The van der Waals surface area contributed by atoms with Crippen molar-refractivity contribution in [1.29, 1.82) is 0 Å². The van der Waals surface area contributed by atoms with Crippen LogP contribution in [-0.4, -0.2) is 42.5 Å². The van der Waals surface area contributed by atoms with Crippen molar-refractivity contribution in [3.8, 4) is 0 Å². The van der Waals surface area contributed by atoms with E-state index >= 15 is 0 Å². The van der Waals surface area contributed by atoms with Gasteiger partial charge in [0, 0.05) is 0 Å². The zero-order valence-corrected chi connectivity index (χ0v) is 17.6. The number of esters is 2. The van der Waals surface area contributed by atoms with Crippen molar-refractivity contribution in [2.75, 3.05) is 13.2 Å². The van der Waals surface area contributed by atoms with Gasteiger partial charge in [0.1, 0.15) is 30.2 Å². The fourth-order valence-electron chi connectivity index (χ4n) is 0.831. The average molecular weight is 426 g/mol. The van der Waals surface area contributed by atoms with Gasteiger partial charge in [-0.2, -0.15) is 0 Å². The Labute approximate surface area is 157 Å². The van der Waals surface area contributed by atoms with Gasteiger partial charge in [-0.25, -0.2) is 0 Å². The van der Waals surface area contributed by atoms with Crippen molar-refractivity contribution in [2.45, 2.75) is 54.4 Å². The van der Waals surface area contributed by atoms with Crippen molar-refractivity contribution in [3.05, 3.63) is 0 Å². The average Bonchev–Trinajstić information content (AvgIpc) is 2.39. The van der Waals surface area contributed by atoms with Gasteiger partial charge in [0.05, 0.1) is 13.2 Å². The predicted molar refractivity (Wildman–Crippen MR) is 80.9 cm³/mol. The van der Waals surface area contributed by atoms with Crippen LogP contribution in [0.2, 0.25) is 0 Å². The minimum atomic E-state index is -0.440. The summed E-state index contributed by atoms with van der Waals surface area (Å²) in [6.45, 7) is 9.86. The van der Waals surface area contributed by atoms with Gasteiger partial charge < -0.3 is 14.3 Å². The normalized spacial score (nSPS) is 7.71. The van der Waals surface area contributed by atoms with Crippen molar-refractivity contribution >= 4 is 29.3 Å². The summed E-state index contributed by atoms with van der Waals surface area (Å²) >= 11 is 0.300. The molecule has 8 nitrogen and oxygen atoms in total. The number of carbonyl (C=O) groups is 5. The number of hydrogen-bond donors (Lipinski definition) is 0. The maximum atomic E-state index is 10.4. The monoisotopic (exact) mass is 424 g/mol. The van der Waals surface area contributed by atoms with Crippen LogP contribution in [0.25, 0.3) is 0 Å². The molecule has 9 heteroatoms. The molecule has 0 aliphatic carbocycles. The molecule has 0 fully saturated rings. The molecule has 0 atom stereocenters. The third-order valence-corrected chi connectivity index (χ3v) is 1.40. The Bertz CT molecular complexity index is 359. The second-order valence-corrected chi connectivity index (χ2v) is 4.28. The molecule has 0 saturated heterocycles. The number of rotatable bonds is 6. The van der Waals surface area contributed by atoms with Gasteiger partial charge in [0.2, 0.25) is 0 Å². The molecule has 0 aliphatic rings. The first-order valence-electron chi connectivity index (χ1n) is 7.04. The molecule has 24 heavy (non-hydrogen) atoms. The van der Waals surface area contributed by atoms with E-state index in [2.05, 4.69) is 9.47 Å². The number of ketones is 3. The Hall–Kier alpha value is -1.37. The summed E-state index contributed by atoms with van der Waals surface area (Å²) in [7, 11) is 0. The van der Waals surface area contributed by atoms with E-state index in [1.807, 2.05) is 0 Å². The molecule has 0 bridgehead atoms. The topological polar surface area (TPSA) is 121 Å². The van der Waals surface area contributed by atoms with Crippen LogP contribution in [0.4, 0.5) is 0 Å². The van der Waals surface area contributed by atoms with Crippen LogP contribution in [0.3, 0.4) is 0 Å². The van der Waals surface area contributed by atoms with Gasteiger partial charge >= 0.3 is 39.5 Å². The Morgan fingerprint density at radius 1 is 0.667 bits per heavy atom. The molecule has 138 valence electrons. The minimum absolute atomic E-state index is 0.103. The molecule has 0 spiro atoms. The Kier molecular flexibility index (Phi) is 30.4. The van der Waals surface area contributed by atoms with Crippen molar-refractivity contribution in [3.63, 3.8) is 0 Å². The van der Waals surface area contributed by atoms with Crippen LogP contribution in [0, 0.1) is 0 Å². The number of hydrogen-bond acceptors (Lipinski definition) is 8. The van der Waals surface area contributed by atoms with Crippen molar-refractivity contribution in [1.82, 2.24) is 0 Å². The van der Waals surface area contributed by atoms with Gasteiger partial charge in [-0.15, -0.1) is 0 Å². The summed E-state index contributed by atoms with van der Waals surface area (Å²) in [5, 5.41) is 0. The SMILES string of the molecule is CC(C)=O.CCOC(=O)CC(C)=O.CCOC(=O)CC(C)=O.[O]=[Zr]. The van der Waals surface area contributed by atoms with E-state index in [1.165, 1.54) is 27.7 Å². The summed E-state index contributed by atoms with van der Waals surface area (Å²) in [5.74, 6) is -1.03. The molecular weight excluding hydrogens is 399 g/mol. The first-order valence-corrected chi connectivity index (χ1v) is 8.04. The fourth-order valence-corrected chi connectivity index (χ4v) is 0.831. The number of carbonyl (C=O) groups excluding carboxylic acids is 5. The Morgan fingerprint density at radius 3 is 1.00 bits per heavy atom. The molecule has 0 heterocycles. The van der Waals surface area contributed by atoms with E-state index in [4.69, 9.17) is 2.81 Å². The molecule has 0 aromatic rings. The number of ether oxygens (including phenoxy) is 2. The van der Waals surface area contributed by atoms with Gasteiger partial charge in [-0.3, -0.25) is 19.2 Å². The van der Waals surface area contributed by atoms with Crippen molar-refractivity contribution in [2.24, 2.45) is 0 Å². The second-order valence-electron chi connectivity index (χ2n) is 4.28. The first-order chi connectivity index (χ1) is 11.1. The third kappa shape index (κ3) is 49.8. The summed E-state index contributed by atoms with van der Waals surface area (Å²) in [5.41, 5.74) is 0. The van der Waals surface area contributed by atoms with Crippen LogP contribution in [-0.2, 0) is 61.0 Å². The van der Waals surface area contributed by atoms with Gasteiger partial charge in [-0.1, -0.05) is 0 Å². The zero-order chi connectivity index (χ0) is 20.1. The first kappa shape index (κ1) is 30.5. The Morgan fingerprint density at radius 2 is 0.875 bits per heavy atom. The zero-order valence-electron chi connectivity index (χ0n) is 15.1. The maximum absolute atomic E-state index is 10.4. The number of Topliss-reactive ketones (excluding diaryl/α,β-unsaturated/α-hetero) is 3. The van der Waals surface area contributed by atoms with Crippen molar-refractivity contribution < 1.29 is 61.0 Å². The summed E-state index contributed by atoms with van der Waals surface area (Å²) in [6, 6.07) is 0. The summed E-state index contributed by atoms with van der Waals surface area (Å²) in [4.78, 5) is 50.7.